The van der Waals surface area contributed by atoms with E-state index < -0.39 is 24.3 Å². The van der Waals surface area contributed by atoms with E-state index in [9.17, 15) is 14.4 Å². The zero-order valence-electron chi connectivity index (χ0n) is 12.3. The van der Waals surface area contributed by atoms with Crippen LogP contribution in [0.1, 0.15) is 45.4 Å². The molecule has 1 aliphatic rings. The van der Waals surface area contributed by atoms with Crippen molar-refractivity contribution in [3.8, 4) is 0 Å². The van der Waals surface area contributed by atoms with Crippen LogP contribution >= 0.6 is 0 Å². The molecule has 1 fully saturated rings. The molecule has 0 saturated heterocycles. The normalized spacial score (nSPS) is 23.1. The Bertz CT molecular complexity index is 386. The summed E-state index contributed by atoms with van der Waals surface area (Å²) in [6, 6.07) is -1.10. The highest BCUT2D eigenvalue weighted by Crippen LogP contribution is 2.26. The number of nitrogens with two attached hydrogens (primary N) is 1. The molecule has 0 aliphatic heterocycles. The Morgan fingerprint density at radius 2 is 2.00 bits per heavy atom. The first-order valence-corrected chi connectivity index (χ1v) is 7.34. The van der Waals surface area contributed by atoms with Gasteiger partial charge in [-0.2, -0.15) is 0 Å². The van der Waals surface area contributed by atoms with Crippen molar-refractivity contribution >= 4 is 17.8 Å². The molecule has 0 bridgehead atoms. The van der Waals surface area contributed by atoms with E-state index in [0.717, 1.165) is 19.3 Å². The molecule has 0 aromatic carbocycles. The van der Waals surface area contributed by atoms with Crippen LogP contribution in [0.15, 0.2) is 0 Å². The van der Waals surface area contributed by atoms with Gasteiger partial charge in [0.25, 0.3) is 0 Å². The highest BCUT2D eigenvalue weighted by atomic mass is 16.5. The summed E-state index contributed by atoms with van der Waals surface area (Å²) in [5, 5.41) is 11.0. The van der Waals surface area contributed by atoms with Crippen LogP contribution in [0.5, 0.6) is 0 Å². The first kappa shape index (κ1) is 17.4. The van der Waals surface area contributed by atoms with E-state index in [4.69, 9.17) is 15.6 Å². The van der Waals surface area contributed by atoms with Crippen molar-refractivity contribution in [3.63, 3.8) is 0 Å². The molecule has 1 rings (SSSR count). The number of esters is 1. The van der Waals surface area contributed by atoms with E-state index in [0.29, 0.717) is 5.92 Å². The Morgan fingerprint density at radius 3 is 2.62 bits per heavy atom. The summed E-state index contributed by atoms with van der Waals surface area (Å²) in [5.74, 6) is -1.68. The van der Waals surface area contributed by atoms with Gasteiger partial charge in [-0.05, 0) is 25.2 Å². The minimum atomic E-state index is -1.14. The first-order valence-electron chi connectivity index (χ1n) is 7.34. The van der Waals surface area contributed by atoms with Crippen molar-refractivity contribution in [3.05, 3.63) is 0 Å². The van der Waals surface area contributed by atoms with Crippen LogP contribution in [0.4, 0.5) is 0 Å². The van der Waals surface area contributed by atoms with Gasteiger partial charge in [-0.1, -0.05) is 13.3 Å². The maximum absolute atomic E-state index is 11.7. The van der Waals surface area contributed by atoms with Crippen molar-refractivity contribution in [2.24, 2.45) is 11.7 Å². The molecule has 7 heteroatoms. The number of hydrogen-bond donors (Lipinski definition) is 3. The lowest BCUT2D eigenvalue weighted by Crippen LogP contribution is -2.42. The summed E-state index contributed by atoms with van der Waals surface area (Å²) in [5.41, 5.74) is 5.39. The summed E-state index contributed by atoms with van der Waals surface area (Å²) >= 11 is 0. The van der Waals surface area contributed by atoms with Crippen molar-refractivity contribution in [1.82, 2.24) is 5.32 Å². The molecule has 0 aromatic rings. The van der Waals surface area contributed by atoms with Crippen LogP contribution in [0.2, 0.25) is 0 Å². The molecule has 0 radical (unpaired) electrons. The van der Waals surface area contributed by atoms with Crippen LogP contribution in [-0.2, 0) is 19.1 Å². The summed E-state index contributed by atoms with van der Waals surface area (Å²) < 4.78 is 5.39. The second-order valence-electron chi connectivity index (χ2n) is 5.54. The predicted octanol–water partition coefficient (Wildman–Crippen LogP) is 0.417. The number of carboxylic acids is 1. The number of carboxylic acid groups (broad SMARTS) is 1. The fourth-order valence-electron chi connectivity index (χ4n) is 2.38. The van der Waals surface area contributed by atoms with Gasteiger partial charge in [-0.3, -0.25) is 14.4 Å². The third-order valence-electron chi connectivity index (χ3n) is 3.68. The first-order chi connectivity index (χ1) is 9.90. The summed E-state index contributed by atoms with van der Waals surface area (Å²) in [7, 11) is 0. The van der Waals surface area contributed by atoms with Crippen LogP contribution in [0.25, 0.3) is 0 Å². The Morgan fingerprint density at radius 1 is 1.33 bits per heavy atom. The van der Waals surface area contributed by atoms with E-state index in [1.807, 2.05) is 0 Å². The largest absolute Gasteiger partial charge is 0.481 e. The lowest BCUT2D eigenvalue weighted by molar-refractivity contribution is -0.153. The van der Waals surface area contributed by atoms with Crippen LogP contribution in [0.3, 0.4) is 0 Å². The fourth-order valence-corrected chi connectivity index (χ4v) is 2.38. The SMILES string of the molecule is CC1CCCCC1OC(=O)CCNC(=O)[C@H](N)CC(=O)O. The highest BCUT2D eigenvalue weighted by Gasteiger charge is 2.24. The zero-order chi connectivity index (χ0) is 15.8. The zero-order valence-corrected chi connectivity index (χ0v) is 12.3. The Kier molecular flexibility index (Phi) is 7.14. The molecule has 0 heterocycles. The minimum absolute atomic E-state index is 0.0313. The number of amides is 1. The molecule has 2 unspecified atom stereocenters. The van der Waals surface area contributed by atoms with Gasteiger partial charge in [-0.15, -0.1) is 0 Å². The van der Waals surface area contributed by atoms with Gasteiger partial charge in [0.05, 0.1) is 18.9 Å². The van der Waals surface area contributed by atoms with Crippen molar-refractivity contribution in [2.45, 2.75) is 57.6 Å². The third-order valence-corrected chi connectivity index (χ3v) is 3.68. The molecule has 7 nitrogen and oxygen atoms in total. The number of nitrogens with one attached hydrogen (secondary N) is 1. The molecular formula is C14H24N2O5. The molecule has 4 N–H and O–H groups in total. The van der Waals surface area contributed by atoms with Gasteiger partial charge in [0.1, 0.15) is 6.10 Å². The average molecular weight is 300 g/mol. The molecule has 21 heavy (non-hydrogen) atoms. The van der Waals surface area contributed by atoms with Gasteiger partial charge >= 0.3 is 11.9 Å². The van der Waals surface area contributed by atoms with Gasteiger partial charge in [-0.25, -0.2) is 0 Å². The van der Waals surface area contributed by atoms with Gasteiger partial charge < -0.3 is 20.9 Å². The van der Waals surface area contributed by atoms with E-state index >= 15 is 0 Å². The standard InChI is InChI=1S/C14H24N2O5/c1-9-4-2-3-5-11(9)21-13(19)6-7-16-14(20)10(15)8-12(17)18/h9-11H,2-8,15H2,1H3,(H,16,20)(H,17,18)/t9?,10-,11?/m1/s1. The van der Waals surface area contributed by atoms with E-state index in [-0.39, 0.29) is 25.0 Å². The van der Waals surface area contributed by atoms with Crippen molar-refractivity contribution in [1.29, 1.82) is 0 Å². The maximum Gasteiger partial charge on any atom is 0.307 e. The van der Waals surface area contributed by atoms with Crippen molar-refractivity contribution < 1.29 is 24.2 Å². The molecule has 1 saturated carbocycles. The third kappa shape index (κ3) is 6.57. The minimum Gasteiger partial charge on any atom is -0.481 e. The highest BCUT2D eigenvalue weighted by molar-refractivity contribution is 5.86. The lowest BCUT2D eigenvalue weighted by atomic mass is 9.88. The Hall–Kier alpha value is -1.63. The number of carbonyl (C=O) groups excluding carboxylic acids is 2. The fraction of sp³-hybridized carbons (Fsp3) is 0.786. The van der Waals surface area contributed by atoms with Crippen LogP contribution in [-0.4, -0.2) is 41.6 Å². The number of ether oxygens (including phenoxy) is 1. The predicted molar refractivity (Wildman–Crippen MR) is 75.4 cm³/mol. The molecule has 0 aromatic heterocycles. The molecule has 1 amide bonds. The number of aliphatic carboxylic acids is 1. The monoisotopic (exact) mass is 300 g/mol. The summed E-state index contributed by atoms with van der Waals surface area (Å²) in [4.78, 5) is 33.6. The molecular weight excluding hydrogens is 276 g/mol. The number of hydrogen-bond acceptors (Lipinski definition) is 5. The second kappa shape index (κ2) is 8.61. The van der Waals surface area contributed by atoms with Crippen LogP contribution in [0, 0.1) is 5.92 Å². The second-order valence-corrected chi connectivity index (χ2v) is 5.54. The maximum atomic E-state index is 11.7. The van der Waals surface area contributed by atoms with Gasteiger partial charge in [0.15, 0.2) is 0 Å². The summed E-state index contributed by atoms with van der Waals surface area (Å²) in [6.45, 7) is 2.18. The molecule has 120 valence electrons. The van der Waals surface area contributed by atoms with Gasteiger partial charge in [0, 0.05) is 6.54 Å². The lowest BCUT2D eigenvalue weighted by Gasteiger charge is -2.28. The summed E-state index contributed by atoms with van der Waals surface area (Å²) in [6.07, 6.45) is 3.80. The molecule has 3 atom stereocenters. The van der Waals surface area contributed by atoms with E-state index in [2.05, 4.69) is 12.2 Å². The van der Waals surface area contributed by atoms with Gasteiger partial charge in [0.2, 0.25) is 5.91 Å². The Balaban J connectivity index is 2.21. The van der Waals surface area contributed by atoms with E-state index in [1.54, 1.807) is 0 Å². The topological polar surface area (TPSA) is 119 Å². The molecule has 1 aliphatic carbocycles. The molecule has 0 spiro atoms. The van der Waals surface area contributed by atoms with Crippen LogP contribution < -0.4 is 11.1 Å². The Labute approximate surface area is 124 Å². The average Bonchev–Trinajstić information content (AvgIpc) is 2.40. The number of rotatable bonds is 7. The quantitative estimate of drug-likeness (QED) is 0.586. The number of carbonyl (C=O) groups is 3. The van der Waals surface area contributed by atoms with Crippen molar-refractivity contribution in [2.75, 3.05) is 6.54 Å². The van der Waals surface area contributed by atoms with E-state index in [1.165, 1.54) is 6.42 Å². The smallest absolute Gasteiger partial charge is 0.307 e.